The number of nitrogens with two attached hydrogens (primary N) is 3. The standard InChI is InChI=1S/C33H62N10O7/c1-19(2)18-23(31(49)50)41-29(47)25(33(4,5)6)42-26(44)20(3)39-28(46)24-14-11-17-43(24)30(48)22(12-8-9-15-34)40-27(45)21(37-7)13-10-16-38-32(35)36/h19-25,37H,8-18,34H2,1-7H3,(H,39,46)(H,40,45)(H,41,47)(H,42,44)(H,49,50)(H4,35,36,38)/t20-,21-,22-,23-,24-,25?/m0/s1. The van der Waals surface area contributed by atoms with Crippen LogP contribution in [0.25, 0.3) is 0 Å². The normalized spacial score (nSPS) is 17.5. The van der Waals surface area contributed by atoms with Gasteiger partial charge in [-0.1, -0.05) is 34.6 Å². The van der Waals surface area contributed by atoms with Crippen LogP contribution in [-0.2, 0) is 28.8 Å². The van der Waals surface area contributed by atoms with E-state index in [1.165, 1.54) is 11.8 Å². The van der Waals surface area contributed by atoms with Crippen molar-refractivity contribution in [2.75, 3.05) is 26.7 Å². The van der Waals surface area contributed by atoms with Crippen LogP contribution in [0, 0.1) is 11.3 Å². The lowest BCUT2D eigenvalue weighted by Gasteiger charge is -2.33. The Kier molecular flexibility index (Phi) is 18.7. The van der Waals surface area contributed by atoms with Crippen molar-refractivity contribution in [3.05, 3.63) is 0 Å². The number of hydrogen-bond acceptors (Lipinski definition) is 9. The fourth-order valence-electron chi connectivity index (χ4n) is 5.70. The van der Waals surface area contributed by atoms with Crippen LogP contribution in [0.1, 0.15) is 92.9 Å². The van der Waals surface area contributed by atoms with Gasteiger partial charge in [0.05, 0.1) is 6.04 Å². The third-order valence-electron chi connectivity index (χ3n) is 8.50. The molecule has 0 spiro atoms. The average molecular weight is 711 g/mol. The van der Waals surface area contributed by atoms with Crippen LogP contribution in [0.3, 0.4) is 0 Å². The molecular weight excluding hydrogens is 648 g/mol. The van der Waals surface area contributed by atoms with Gasteiger partial charge in [-0.25, -0.2) is 4.79 Å². The van der Waals surface area contributed by atoms with Gasteiger partial charge in [-0.15, -0.1) is 0 Å². The maximum atomic E-state index is 13.9. The number of rotatable bonds is 21. The lowest BCUT2D eigenvalue weighted by Crippen LogP contribution is -2.60. The summed E-state index contributed by atoms with van der Waals surface area (Å²) in [6, 6.07) is -5.68. The number of carboxylic acid groups (broad SMARTS) is 1. The number of guanidine groups is 1. The van der Waals surface area contributed by atoms with E-state index in [0.29, 0.717) is 64.6 Å². The highest BCUT2D eigenvalue weighted by Gasteiger charge is 2.40. The zero-order valence-electron chi connectivity index (χ0n) is 30.8. The van der Waals surface area contributed by atoms with Crippen molar-refractivity contribution in [1.82, 2.24) is 31.5 Å². The molecule has 1 aliphatic heterocycles. The number of amides is 5. The molecule has 17 heteroatoms. The van der Waals surface area contributed by atoms with E-state index in [0.717, 1.165) is 0 Å². The van der Waals surface area contributed by atoms with Crippen molar-refractivity contribution in [3.63, 3.8) is 0 Å². The molecule has 5 amide bonds. The van der Waals surface area contributed by atoms with E-state index in [-0.39, 0.29) is 24.2 Å². The summed E-state index contributed by atoms with van der Waals surface area (Å²) < 4.78 is 0. The van der Waals surface area contributed by atoms with Gasteiger partial charge in [-0.3, -0.25) is 29.0 Å². The first-order valence-corrected chi connectivity index (χ1v) is 17.5. The fourth-order valence-corrected chi connectivity index (χ4v) is 5.70. The number of carbonyl (C=O) groups is 6. The monoisotopic (exact) mass is 710 g/mol. The number of carbonyl (C=O) groups excluding carboxylic acids is 5. The first-order chi connectivity index (χ1) is 23.3. The molecule has 0 bridgehead atoms. The maximum Gasteiger partial charge on any atom is 0.326 e. The molecule has 0 aliphatic carbocycles. The highest BCUT2D eigenvalue weighted by Crippen LogP contribution is 2.22. The largest absolute Gasteiger partial charge is 0.480 e. The van der Waals surface area contributed by atoms with E-state index in [4.69, 9.17) is 17.2 Å². The molecule has 0 radical (unpaired) electrons. The second-order valence-electron chi connectivity index (χ2n) is 14.4. The smallest absolute Gasteiger partial charge is 0.326 e. The fraction of sp³-hybridized carbons (Fsp3) is 0.788. The van der Waals surface area contributed by atoms with Gasteiger partial charge in [0.25, 0.3) is 0 Å². The van der Waals surface area contributed by atoms with Crippen LogP contribution in [0.5, 0.6) is 0 Å². The number of unbranched alkanes of at least 4 members (excludes halogenated alkanes) is 1. The molecule has 0 aromatic carbocycles. The lowest BCUT2D eigenvalue weighted by atomic mass is 9.85. The minimum atomic E-state index is -1.18. The van der Waals surface area contributed by atoms with Gasteiger partial charge in [-0.05, 0) is 83.2 Å². The van der Waals surface area contributed by atoms with E-state index in [2.05, 4.69) is 31.6 Å². The minimum absolute atomic E-state index is 0.00647. The zero-order valence-corrected chi connectivity index (χ0v) is 30.8. The molecule has 0 aromatic rings. The van der Waals surface area contributed by atoms with Crippen LogP contribution in [0.15, 0.2) is 4.99 Å². The molecule has 1 fully saturated rings. The van der Waals surface area contributed by atoms with Crippen LogP contribution >= 0.6 is 0 Å². The van der Waals surface area contributed by atoms with Gasteiger partial charge in [0.2, 0.25) is 29.5 Å². The SMILES string of the molecule is CN[C@@H](CCCN=C(N)N)C(=O)N[C@@H](CCCCN)C(=O)N1CCC[C@H]1C(=O)N[C@@H](C)C(=O)NC(C(=O)N[C@@H](CC(C)C)C(=O)O)C(C)(C)C. The van der Waals surface area contributed by atoms with E-state index < -0.39 is 71.3 Å². The third kappa shape index (κ3) is 14.9. The molecule has 286 valence electrons. The number of carboxylic acids is 1. The Labute approximate surface area is 296 Å². The lowest BCUT2D eigenvalue weighted by molar-refractivity contribution is -0.143. The van der Waals surface area contributed by atoms with Gasteiger partial charge >= 0.3 is 5.97 Å². The Balaban J connectivity index is 3.03. The third-order valence-corrected chi connectivity index (χ3v) is 8.50. The molecule has 12 N–H and O–H groups in total. The summed E-state index contributed by atoms with van der Waals surface area (Å²) in [7, 11) is 1.64. The Bertz CT molecular complexity index is 1190. The number of likely N-dealkylation sites (tertiary alicyclic amines) is 1. The van der Waals surface area contributed by atoms with Gasteiger partial charge in [0, 0.05) is 13.1 Å². The molecule has 17 nitrogen and oxygen atoms in total. The van der Waals surface area contributed by atoms with Crippen molar-refractivity contribution in [1.29, 1.82) is 0 Å². The summed E-state index contributed by atoms with van der Waals surface area (Å²) in [6.07, 6.45) is 3.63. The van der Waals surface area contributed by atoms with Crippen molar-refractivity contribution in [2.24, 2.45) is 33.5 Å². The van der Waals surface area contributed by atoms with Crippen molar-refractivity contribution < 1.29 is 33.9 Å². The Hall–Kier alpha value is -3.99. The summed E-state index contributed by atoms with van der Waals surface area (Å²) in [5.41, 5.74) is 15.6. The highest BCUT2D eigenvalue weighted by atomic mass is 16.4. The molecule has 1 aliphatic rings. The van der Waals surface area contributed by atoms with Gasteiger partial charge in [-0.2, -0.15) is 0 Å². The predicted molar refractivity (Wildman–Crippen MR) is 190 cm³/mol. The molecule has 1 unspecified atom stereocenters. The average Bonchev–Trinajstić information content (AvgIpc) is 3.51. The second kappa shape index (κ2) is 21.3. The Morgan fingerprint density at radius 2 is 1.48 bits per heavy atom. The number of aliphatic imine (C=N–C) groups is 1. The minimum Gasteiger partial charge on any atom is -0.480 e. The number of hydrogen-bond donors (Lipinski definition) is 9. The molecular formula is C33H62N10O7. The number of aliphatic carboxylic acids is 1. The van der Waals surface area contributed by atoms with Crippen LogP contribution in [-0.4, -0.2) is 114 Å². The van der Waals surface area contributed by atoms with E-state index in [1.54, 1.807) is 27.8 Å². The van der Waals surface area contributed by atoms with E-state index >= 15 is 0 Å². The predicted octanol–water partition coefficient (Wildman–Crippen LogP) is -1.12. The topological polar surface area (TPSA) is 276 Å². The van der Waals surface area contributed by atoms with E-state index in [1.807, 2.05) is 13.8 Å². The summed E-state index contributed by atoms with van der Waals surface area (Å²) in [6.45, 7) is 11.4. The van der Waals surface area contributed by atoms with Crippen molar-refractivity contribution in [2.45, 2.75) is 129 Å². The van der Waals surface area contributed by atoms with Crippen molar-refractivity contribution in [3.8, 4) is 0 Å². The Morgan fingerprint density at radius 3 is 2.02 bits per heavy atom. The Morgan fingerprint density at radius 1 is 0.860 bits per heavy atom. The molecule has 0 saturated carbocycles. The quantitative estimate of drug-likeness (QED) is 0.0391. The van der Waals surface area contributed by atoms with Gasteiger partial charge in [0.1, 0.15) is 30.2 Å². The number of likely N-dealkylation sites (N-methyl/N-ethyl adjacent to an activating group) is 1. The van der Waals surface area contributed by atoms with Crippen LogP contribution in [0.4, 0.5) is 0 Å². The summed E-state index contributed by atoms with van der Waals surface area (Å²) >= 11 is 0. The number of nitrogens with zero attached hydrogens (tertiary/aromatic N) is 2. The highest BCUT2D eigenvalue weighted by molar-refractivity contribution is 5.96. The summed E-state index contributed by atoms with van der Waals surface area (Å²) in [5, 5.41) is 23.3. The number of nitrogens with one attached hydrogen (secondary N) is 5. The summed E-state index contributed by atoms with van der Waals surface area (Å²) in [4.78, 5) is 84.2. The summed E-state index contributed by atoms with van der Waals surface area (Å²) in [5.74, 6) is -3.82. The molecule has 1 rings (SSSR count). The molecule has 50 heavy (non-hydrogen) atoms. The first-order valence-electron chi connectivity index (χ1n) is 17.5. The maximum absolute atomic E-state index is 13.9. The van der Waals surface area contributed by atoms with Crippen LogP contribution < -0.4 is 43.8 Å². The second-order valence-corrected chi connectivity index (χ2v) is 14.4. The van der Waals surface area contributed by atoms with Crippen molar-refractivity contribution >= 4 is 41.5 Å². The molecule has 6 atom stereocenters. The van der Waals surface area contributed by atoms with E-state index in [9.17, 15) is 33.9 Å². The van der Waals surface area contributed by atoms with Gasteiger partial charge in [0.15, 0.2) is 5.96 Å². The van der Waals surface area contributed by atoms with Crippen LogP contribution in [0.2, 0.25) is 0 Å². The van der Waals surface area contributed by atoms with Gasteiger partial charge < -0.3 is 53.8 Å². The zero-order chi connectivity index (χ0) is 38.2. The molecule has 1 heterocycles. The molecule has 1 saturated heterocycles. The first kappa shape index (κ1) is 44.0. The molecule has 0 aromatic heterocycles.